The average Bonchev–Trinajstić information content (AvgIpc) is 3.18. The second-order valence-corrected chi connectivity index (χ2v) is 10.8. The molecule has 0 saturated carbocycles. The fourth-order valence-corrected chi connectivity index (χ4v) is 5.86. The first kappa shape index (κ1) is 25.5. The van der Waals surface area contributed by atoms with Gasteiger partial charge in [-0.3, -0.25) is 9.69 Å². The molecule has 2 aromatic rings. The van der Waals surface area contributed by atoms with E-state index < -0.39 is 23.4 Å². The van der Waals surface area contributed by atoms with Crippen molar-refractivity contribution >= 4 is 59.1 Å². The molecule has 0 aromatic heterocycles. The SMILES string of the molecule is [B]c1c(F)cc(NC(=O)/C2=C(\O)C3(C)CCCN3C(Cc3ccc(Cl)cc3)CCC2O)cc1I. The zero-order valence-corrected chi connectivity index (χ0v) is 21.7. The predicted molar refractivity (Wildman–Crippen MR) is 141 cm³/mol. The maximum absolute atomic E-state index is 14.1. The molecule has 2 aliphatic rings. The molecule has 0 bridgehead atoms. The third-order valence-electron chi connectivity index (χ3n) is 6.98. The predicted octanol–water partition coefficient (Wildman–Crippen LogP) is 4.25. The molecular formula is C25H26BClFIN2O3. The number of aliphatic hydroxyl groups excluding tert-OH is 2. The van der Waals surface area contributed by atoms with Crippen LogP contribution in [0.2, 0.25) is 5.02 Å². The third kappa shape index (κ3) is 5.01. The molecule has 1 saturated heterocycles. The quantitative estimate of drug-likeness (QED) is 0.366. The molecule has 3 atom stereocenters. The number of nitrogens with one attached hydrogen (secondary N) is 1. The van der Waals surface area contributed by atoms with Crippen molar-refractivity contribution in [2.24, 2.45) is 0 Å². The van der Waals surface area contributed by atoms with E-state index in [1.165, 1.54) is 0 Å². The van der Waals surface area contributed by atoms with Crippen LogP contribution in [-0.4, -0.2) is 53.1 Å². The Morgan fingerprint density at radius 1 is 1.32 bits per heavy atom. The van der Waals surface area contributed by atoms with Crippen LogP contribution in [0.15, 0.2) is 47.7 Å². The van der Waals surface area contributed by atoms with Gasteiger partial charge in [-0.1, -0.05) is 23.7 Å². The number of benzene rings is 2. The van der Waals surface area contributed by atoms with Crippen molar-refractivity contribution in [3.63, 3.8) is 0 Å². The summed E-state index contributed by atoms with van der Waals surface area (Å²) in [4.78, 5) is 15.5. The number of rotatable bonds is 4. The molecule has 2 aromatic carbocycles. The Morgan fingerprint density at radius 2 is 2.03 bits per heavy atom. The Labute approximate surface area is 218 Å². The van der Waals surface area contributed by atoms with Crippen LogP contribution in [0.1, 0.15) is 38.2 Å². The minimum absolute atomic E-state index is 0.00693. The monoisotopic (exact) mass is 594 g/mol. The van der Waals surface area contributed by atoms with Crippen molar-refractivity contribution in [1.29, 1.82) is 0 Å². The normalized spacial score (nSPS) is 27.7. The summed E-state index contributed by atoms with van der Waals surface area (Å²) in [6, 6.07) is 10.5. The van der Waals surface area contributed by atoms with E-state index in [0.29, 0.717) is 27.9 Å². The van der Waals surface area contributed by atoms with Crippen LogP contribution in [0.25, 0.3) is 0 Å². The van der Waals surface area contributed by atoms with E-state index >= 15 is 0 Å². The molecule has 3 unspecified atom stereocenters. The molecule has 2 radical (unpaired) electrons. The van der Waals surface area contributed by atoms with Gasteiger partial charge in [-0.2, -0.15) is 0 Å². The lowest BCUT2D eigenvalue weighted by Gasteiger charge is -2.43. The molecule has 5 nitrogen and oxygen atoms in total. The van der Waals surface area contributed by atoms with Gasteiger partial charge in [0, 0.05) is 20.3 Å². The molecule has 2 aliphatic heterocycles. The van der Waals surface area contributed by atoms with Gasteiger partial charge in [0.2, 0.25) is 0 Å². The number of carbonyl (C=O) groups excluding carboxylic acids is 1. The van der Waals surface area contributed by atoms with E-state index in [-0.39, 0.29) is 28.5 Å². The molecule has 0 spiro atoms. The molecule has 2 heterocycles. The van der Waals surface area contributed by atoms with Gasteiger partial charge in [-0.25, -0.2) is 4.39 Å². The van der Waals surface area contributed by atoms with Crippen molar-refractivity contribution in [1.82, 2.24) is 4.90 Å². The van der Waals surface area contributed by atoms with Gasteiger partial charge in [0.25, 0.3) is 5.91 Å². The van der Waals surface area contributed by atoms with Crippen LogP contribution in [0.5, 0.6) is 0 Å². The Morgan fingerprint density at radius 3 is 2.71 bits per heavy atom. The lowest BCUT2D eigenvalue weighted by molar-refractivity contribution is -0.114. The van der Waals surface area contributed by atoms with Crippen molar-refractivity contribution in [3.05, 3.63) is 67.7 Å². The van der Waals surface area contributed by atoms with Crippen molar-refractivity contribution < 1.29 is 19.4 Å². The summed E-state index contributed by atoms with van der Waals surface area (Å²) in [6.07, 6.45) is 2.09. The highest BCUT2D eigenvalue weighted by atomic mass is 127. The molecular weight excluding hydrogens is 568 g/mol. The fraction of sp³-hybridized carbons (Fsp3) is 0.400. The highest BCUT2D eigenvalue weighted by molar-refractivity contribution is 14.1. The number of nitrogens with zero attached hydrogens (tertiary/aromatic N) is 1. The van der Waals surface area contributed by atoms with Gasteiger partial charge in [0.05, 0.1) is 17.2 Å². The first-order chi connectivity index (χ1) is 16.1. The van der Waals surface area contributed by atoms with E-state index in [2.05, 4.69) is 10.2 Å². The van der Waals surface area contributed by atoms with E-state index in [0.717, 1.165) is 31.0 Å². The smallest absolute Gasteiger partial charge is 0.257 e. The summed E-state index contributed by atoms with van der Waals surface area (Å²) in [6.45, 7) is 2.70. The number of amides is 1. The highest BCUT2D eigenvalue weighted by Gasteiger charge is 2.47. The van der Waals surface area contributed by atoms with Gasteiger partial charge in [0.15, 0.2) is 0 Å². The van der Waals surface area contributed by atoms with Crippen LogP contribution in [0.4, 0.5) is 10.1 Å². The van der Waals surface area contributed by atoms with Crippen LogP contribution < -0.4 is 10.8 Å². The summed E-state index contributed by atoms with van der Waals surface area (Å²) in [5, 5.41) is 25.7. The summed E-state index contributed by atoms with van der Waals surface area (Å²) in [5.41, 5.74) is 0.496. The summed E-state index contributed by atoms with van der Waals surface area (Å²) in [5.74, 6) is -1.41. The Hall–Kier alpha value is -1.62. The van der Waals surface area contributed by atoms with Crippen molar-refractivity contribution in [2.75, 3.05) is 11.9 Å². The lowest BCUT2D eigenvalue weighted by Crippen LogP contribution is -2.52. The molecule has 178 valence electrons. The van der Waals surface area contributed by atoms with E-state index in [9.17, 15) is 19.4 Å². The summed E-state index contributed by atoms with van der Waals surface area (Å²) in [7, 11) is 5.66. The topological polar surface area (TPSA) is 72.8 Å². The zero-order chi connectivity index (χ0) is 24.6. The molecule has 3 N–H and O–H groups in total. The number of anilines is 1. The maximum atomic E-state index is 14.1. The van der Waals surface area contributed by atoms with Gasteiger partial charge in [-0.05, 0) is 103 Å². The minimum atomic E-state index is -1.15. The van der Waals surface area contributed by atoms with E-state index in [4.69, 9.17) is 19.4 Å². The van der Waals surface area contributed by atoms with E-state index in [1.54, 1.807) is 6.07 Å². The number of fused-ring (bicyclic) bond motifs is 1. The third-order valence-corrected chi connectivity index (χ3v) is 8.12. The number of carbonyl (C=O) groups is 1. The number of aliphatic hydroxyl groups is 2. The molecule has 34 heavy (non-hydrogen) atoms. The fourth-order valence-electron chi connectivity index (χ4n) is 5.14. The number of halogens is 3. The second-order valence-electron chi connectivity index (χ2n) is 9.22. The average molecular weight is 595 g/mol. The molecule has 1 amide bonds. The lowest BCUT2D eigenvalue weighted by atomic mass is 9.84. The standard InChI is InChI=1S/C25H26BClFIN2O3/c1-25-9-2-10-31(25)17(11-14-3-5-15(27)6-4-14)7-8-20(32)21(23(25)33)24(34)30-16-12-18(28)22(26)19(29)13-16/h3-6,12-13,17,20,32-33H,2,7-11H2,1H3,(H,30,34)/b23-21-. The van der Waals surface area contributed by atoms with Gasteiger partial charge >= 0.3 is 0 Å². The molecule has 9 heteroatoms. The Kier molecular flexibility index (Phi) is 7.62. The van der Waals surface area contributed by atoms with Crippen LogP contribution in [-0.2, 0) is 11.2 Å². The van der Waals surface area contributed by atoms with Gasteiger partial charge < -0.3 is 15.5 Å². The summed E-state index contributed by atoms with van der Waals surface area (Å²) >= 11 is 7.92. The van der Waals surface area contributed by atoms with Gasteiger partial charge in [-0.15, -0.1) is 0 Å². The molecule has 0 aliphatic carbocycles. The van der Waals surface area contributed by atoms with Crippen LogP contribution in [0.3, 0.4) is 0 Å². The molecule has 1 fully saturated rings. The van der Waals surface area contributed by atoms with E-state index in [1.807, 2.05) is 53.8 Å². The van der Waals surface area contributed by atoms with Crippen molar-refractivity contribution in [3.8, 4) is 0 Å². The maximum Gasteiger partial charge on any atom is 0.257 e. The minimum Gasteiger partial charge on any atom is -0.510 e. The Bertz CT molecular complexity index is 1110. The first-order valence-electron chi connectivity index (χ1n) is 11.3. The second kappa shape index (κ2) is 10.2. The van der Waals surface area contributed by atoms with Gasteiger partial charge in [0.1, 0.15) is 19.4 Å². The van der Waals surface area contributed by atoms with Crippen molar-refractivity contribution in [2.45, 2.75) is 56.7 Å². The Balaban J connectivity index is 1.65. The first-order valence-corrected chi connectivity index (χ1v) is 12.7. The number of hydrogen-bond donors (Lipinski definition) is 3. The van der Waals surface area contributed by atoms with Crippen LogP contribution >= 0.6 is 34.2 Å². The van der Waals surface area contributed by atoms with Crippen LogP contribution in [0, 0.1) is 9.39 Å². The summed E-state index contributed by atoms with van der Waals surface area (Å²) < 4.78 is 14.5. The number of hydrogen-bond acceptors (Lipinski definition) is 4. The largest absolute Gasteiger partial charge is 0.510 e. The zero-order valence-electron chi connectivity index (χ0n) is 18.8. The molecule has 4 rings (SSSR count). The highest BCUT2D eigenvalue weighted by Crippen LogP contribution is 2.41.